The number of hydrogen-bond acceptors (Lipinski definition) is 5. The van der Waals surface area contributed by atoms with Crippen molar-refractivity contribution in [2.24, 2.45) is 0 Å². The number of carbonyl (C=O) groups excluding carboxylic acids is 2. The number of benzene rings is 2. The summed E-state index contributed by atoms with van der Waals surface area (Å²) < 4.78 is 27.5. The molecule has 4 rings (SSSR count). The predicted molar refractivity (Wildman–Crippen MR) is 145 cm³/mol. The summed E-state index contributed by atoms with van der Waals surface area (Å²) in [5, 5.41) is 13.7. The number of nitrogens with one attached hydrogen (secondary N) is 2. The monoisotopic (exact) mass is 535 g/mol. The van der Waals surface area contributed by atoms with Crippen molar-refractivity contribution in [2.45, 2.75) is 44.7 Å². The average molecular weight is 536 g/mol. The lowest BCUT2D eigenvalue weighted by atomic mass is 10.0. The molecule has 1 atom stereocenters. The van der Waals surface area contributed by atoms with Gasteiger partial charge in [-0.15, -0.1) is 5.10 Å². The van der Waals surface area contributed by atoms with E-state index in [1.165, 1.54) is 19.1 Å². The number of aromatic nitrogens is 3. The molecule has 3 aromatic rings. The number of allylic oxidation sites excluding steroid dienone is 2. The van der Waals surface area contributed by atoms with Crippen LogP contribution < -0.4 is 10.6 Å². The normalized spacial score (nSPS) is 14.5. The van der Waals surface area contributed by atoms with Crippen LogP contribution in [-0.4, -0.2) is 43.8 Å². The first-order valence-corrected chi connectivity index (χ1v) is 13.8. The van der Waals surface area contributed by atoms with Crippen molar-refractivity contribution in [3.8, 4) is 0 Å². The van der Waals surface area contributed by atoms with Gasteiger partial charge in [-0.1, -0.05) is 23.4 Å². The number of halogens is 1. The van der Waals surface area contributed by atoms with Crippen molar-refractivity contribution in [1.29, 1.82) is 0 Å². The van der Waals surface area contributed by atoms with Crippen LogP contribution in [0.2, 0.25) is 0 Å². The zero-order chi connectivity index (χ0) is 27.2. The fraction of sp³-hybridized carbons (Fsp3) is 0.286. The molecule has 1 aliphatic rings. The Labute approximate surface area is 223 Å². The summed E-state index contributed by atoms with van der Waals surface area (Å²) in [5.74, 6) is -0.626. The molecule has 0 fully saturated rings. The van der Waals surface area contributed by atoms with Crippen molar-refractivity contribution < 1.29 is 18.2 Å². The van der Waals surface area contributed by atoms with E-state index >= 15 is 0 Å². The third kappa shape index (κ3) is 6.69. The molecular weight excluding hydrogens is 505 g/mol. The number of aryl methyl sites for hydroxylation is 1. The zero-order valence-corrected chi connectivity index (χ0v) is 22.4. The summed E-state index contributed by atoms with van der Waals surface area (Å²) in [6, 6.07) is 12.1. The highest BCUT2D eigenvalue weighted by atomic mass is 32.2. The van der Waals surface area contributed by atoms with Gasteiger partial charge >= 0.3 is 0 Å². The fourth-order valence-electron chi connectivity index (χ4n) is 4.34. The second kappa shape index (κ2) is 12.1. The van der Waals surface area contributed by atoms with Gasteiger partial charge in [0.05, 0.1) is 19.2 Å². The van der Waals surface area contributed by atoms with E-state index in [0.717, 1.165) is 38.3 Å². The Kier molecular flexibility index (Phi) is 8.62. The first-order valence-electron chi connectivity index (χ1n) is 12.3. The number of carbonyl (C=O) groups is 2. The Bertz CT molecular complexity index is 1440. The standard InChI is InChI=1S/C28H30FN5O3S/c1-18-25(13-20-5-8-23(9-6-20)38(3)37)24-10-7-21(29)14-27(24)26(18)15-28(36)30-11-4-12-34-17-22(32-33-34)16-31-19(2)35/h5-10,13-14,17H,4,11-12,15-16H2,1-3H3,(H,30,36)(H,31,35)/b25-13-. The maximum absolute atomic E-state index is 14.2. The van der Waals surface area contributed by atoms with E-state index in [2.05, 4.69) is 20.9 Å². The van der Waals surface area contributed by atoms with E-state index in [-0.39, 0.29) is 24.1 Å². The largest absolute Gasteiger partial charge is 0.356 e. The molecule has 8 nitrogen and oxygen atoms in total. The van der Waals surface area contributed by atoms with E-state index < -0.39 is 10.8 Å². The summed E-state index contributed by atoms with van der Waals surface area (Å²) in [6.07, 6.45) is 6.20. The maximum atomic E-state index is 14.2. The number of hydrogen-bond donors (Lipinski definition) is 2. The molecule has 10 heteroatoms. The molecule has 0 spiro atoms. The summed E-state index contributed by atoms with van der Waals surface area (Å²) in [5.41, 5.74) is 5.88. The van der Waals surface area contributed by atoms with E-state index in [1.54, 1.807) is 23.2 Å². The molecule has 0 aliphatic heterocycles. The van der Waals surface area contributed by atoms with Crippen molar-refractivity contribution in [2.75, 3.05) is 12.8 Å². The molecule has 0 bridgehead atoms. The molecule has 2 amide bonds. The molecule has 1 aromatic heterocycles. The number of nitrogens with zero attached hydrogens (tertiary/aromatic N) is 3. The highest BCUT2D eigenvalue weighted by molar-refractivity contribution is 7.84. The number of amides is 2. The van der Waals surface area contributed by atoms with Crippen LogP contribution in [0.3, 0.4) is 0 Å². The molecule has 2 aromatic carbocycles. The predicted octanol–water partition coefficient (Wildman–Crippen LogP) is 3.72. The lowest BCUT2D eigenvalue weighted by molar-refractivity contribution is -0.120. The molecule has 2 N–H and O–H groups in total. The molecule has 38 heavy (non-hydrogen) atoms. The summed E-state index contributed by atoms with van der Waals surface area (Å²) in [7, 11) is -1.05. The van der Waals surface area contributed by atoms with E-state index in [9.17, 15) is 18.2 Å². The highest BCUT2D eigenvalue weighted by Crippen LogP contribution is 2.43. The first-order chi connectivity index (χ1) is 18.2. The van der Waals surface area contributed by atoms with Crippen LogP contribution in [0.25, 0.3) is 17.2 Å². The third-order valence-corrected chi connectivity index (χ3v) is 7.24. The molecular formula is C28H30FN5O3S. The smallest absolute Gasteiger partial charge is 0.224 e. The Morgan fingerprint density at radius 1 is 1.11 bits per heavy atom. The quantitative estimate of drug-likeness (QED) is 0.385. The van der Waals surface area contributed by atoms with E-state index in [4.69, 9.17) is 0 Å². The molecule has 198 valence electrons. The molecule has 0 saturated heterocycles. The van der Waals surface area contributed by atoms with Crippen LogP contribution in [0.15, 0.2) is 59.1 Å². The van der Waals surface area contributed by atoms with Gasteiger partial charge in [0.2, 0.25) is 11.8 Å². The van der Waals surface area contributed by atoms with Crippen LogP contribution in [0.4, 0.5) is 4.39 Å². The number of rotatable bonds is 10. The zero-order valence-electron chi connectivity index (χ0n) is 21.6. The summed E-state index contributed by atoms with van der Waals surface area (Å²) in [4.78, 5) is 24.6. The van der Waals surface area contributed by atoms with Crippen molar-refractivity contribution >= 4 is 39.8 Å². The van der Waals surface area contributed by atoms with Crippen LogP contribution in [0.1, 0.15) is 49.1 Å². The van der Waals surface area contributed by atoms with Gasteiger partial charge in [-0.3, -0.25) is 18.5 Å². The molecule has 1 heterocycles. The Hall–Kier alpha value is -3.92. The van der Waals surface area contributed by atoms with Gasteiger partial charge in [0.15, 0.2) is 0 Å². The molecule has 0 saturated carbocycles. The van der Waals surface area contributed by atoms with E-state index in [0.29, 0.717) is 31.7 Å². The maximum Gasteiger partial charge on any atom is 0.224 e. The first kappa shape index (κ1) is 27.1. The minimum Gasteiger partial charge on any atom is -0.356 e. The lowest BCUT2D eigenvalue weighted by Gasteiger charge is -2.08. The average Bonchev–Trinajstić information content (AvgIpc) is 3.44. The highest BCUT2D eigenvalue weighted by Gasteiger charge is 2.25. The van der Waals surface area contributed by atoms with Crippen LogP contribution in [0.5, 0.6) is 0 Å². The number of fused-ring (bicyclic) bond motifs is 1. The second-order valence-electron chi connectivity index (χ2n) is 9.14. The van der Waals surface area contributed by atoms with Crippen molar-refractivity contribution in [3.63, 3.8) is 0 Å². The molecule has 0 radical (unpaired) electrons. The van der Waals surface area contributed by atoms with Crippen LogP contribution in [0, 0.1) is 5.82 Å². The fourth-order valence-corrected chi connectivity index (χ4v) is 4.86. The summed E-state index contributed by atoms with van der Waals surface area (Å²) >= 11 is 0. The third-order valence-electron chi connectivity index (χ3n) is 6.30. The Balaban J connectivity index is 1.40. The second-order valence-corrected chi connectivity index (χ2v) is 10.5. The van der Waals surface area contributed by atoms with Gasteiger partial charge in [-0.25, -0.2) is 4.39 Å². The van der Waals surface area contributed by atoms with Gasteiger partial charge in [0, 0.05) is 42.0 Å². The van der Waals surface area contributed by atoms with Gasteiger partial charge in [-0.05, 0) is 77.1 Å². The Morgan fingerprint density at radius 2 is 1.87 bits per heavy atom. The van der Waals surface area contributed by atoms with Crippen LogP contribution in [-0.2, 0) is 33.5 Å². The topological polar surface area (TPSA) is 106 Å². The molecule has 1 aliphatic carbocycles. The van der Waals surface area contributed by atoms with Gasteiger partial charge < -0.3 is 10.6 Å². The van der Waals surface area contributed by atoms with Crippen LogP contribution >= 0.6 is 0 Å². The van der Waals surface area contributed by atoms with Gasteiger partial charge in [0.1, 0.15) is 11.5 Å². The van der Waals surface area contributed by atoms with Crippen molar-refractivity contribution in [1.82, 2.24) is 25.6 Å². The van der Waals surface area contributed by atoms with Crippen molar-refractivity contribution in [3.05, 3.63) is 82.4 Å². The van der Waals surface area contributed by atoms with Gasteiger partial charge in [0.25, 0.3) is 0 Å². The van der Waals surface area contributed by atoms with E-state index in [1.807, 2.05) is 37.3 Å². The Morgan fingerprint density at radius 3 is 2.58 bits per heavy atom. The minimum atomic E-state index is -1.05. The lowest BCUT2D eigenvalue weighted by Crippen LogP contribution is -2.25. The SMILES string of the molecule is CC(=O)NCc1cn(CCCNC(=O)CC2=C(C)/C(=C/c3ccc(S(C)=O)cc3)c3ccc(F)cc32)nn1. The molecule has 1 unspecified atom stereocenters. The van der Waals surface area contributed by atoms with Gasteiger partial charge in [-0.2, -0.15) is 0 Å². The minimum absolute atomic E-state index is 0.132. The summed E-state index contributed by atoms with van der Waals surface area (Å²) in [6.45, 7) is 4.74.